The van der Waals surface area contributed by atoms with Gasteiger partial charge in [-0.1, -0.05) is 6.07 Å². The van der Waals surface area contributed by atoms with E-state index in [9.17, 15) is 14.4 Å². The third-order valence-electron chi connectivity index (χ3n) is 3.29. The SMILES string of the molecule is O=C(CCn1cc(Br)c(=O)[nH]c1=O)Nc1cccc(-n2cnnn2)c1. The summed E-state index contributed by atoms with van der Waals surface area (Å²) in [7, 11) is 0. The van der Waals surface area contributed by atoms with Crippen molar-refractivity contribution in [1.29, 1.82) is 0 Å². The lowest BCUT2D eigenvalue weighted by atomic mass is 10.2. The topological polar surface area (TPSA) is 128 Å². The van der Waals surface area contributed by atoms with Crippen molar-refractivity contribution >= 4 is 27.5 Å². The molecule has 0 atom stereocenters. The maximum Gasteiger partial charge on any atom is 0.328 e. The van der Waals surface area contributed by atoms with Gasteiger partial charge >= 0.3 is 5.69 Å². The van der Waals surface area contributed by atoms with Crippen molar-refractivity contribution in [3.05, 3.63) is 62.1 Å². The van der Waals surface area contributed by atoms with Gasteiger partial charge in [-0.15, -0.1) is 5.10 Å². The number of halogens is 1. The molecule has 0 aliphatic heterocycles. The first-order valence-corrected chi connectivity index (χ1v) is 7.95. The van der Waals surface area contributed by atoms with Crippen LogP contribution in [0.2, 0.25) is 0 Å². The monoisotopic (exact) mass is 405 g/mol. The summed E-state index contributed by atoms with van der Waals surface area (Å²) in [4.78, 5) is 37.2. The number of nitrogens with zero attached hydrogens (tertiary/aromatic N) is 5. The molecule has 0 unspecified atom stereocenters. The summed E-state index contributed by atoms with van der Waals surface area (Å²) in [5, 5.41) is 13.6. The molecular weight excluding hydrogens is 394 g/mol. The fraction of sp³-hybridized carbons (Fsp3) is 0.143. The minimum atomic E-state index is -0.568. The normalized spacial score (nSPS) is 10.6. The number of tetrazole rings is 1. The van der Waals surface area contributed by atoms with Gasteiger partial charge in [-0.05, 0) is 44.6 Å². The molecule has 3 aromatic rings. The molecule has 0 fully saturated rings. The molecule has 3 rings (SSSR count). The molecule has 2 N–H and O–H groups in total. The maximum atomic E-state index is 12.1. The molecule has 0 radical (unpaired) electrons. The number of benzene rings is 1. The lowest BCUT2D eigenvalue weighted by Gasteiger charge is -2.08. The summed E-state index contributed by atoms with van der Waals surface area (Å²) >= 11 is 3.05. The largest absolute Gasteiger partial charge is 0.328 e. The lowest BCUT2D eigenvalue weighted by Crippen LogP contribution is -2.30. The Balaban J connectivity index is 1.65. The number of amides is 1. The number of anilines is 1. The second kappa shape index (κ2) is 7.21. The van der Waals surface area contributed by atoms with E-state index in [2.05, 4.69) is 41.8 Å². The van der Waals surface area contributed by atoms with E-state index < -0.39 is 11.2 Å². The van der Waals surface area contributed by atoms with Crippen LogP contribution < -0.4 is 16.6 Å². The van der Waals surface area contributed by atoms with Crippen molar-refractivity contribution in [1.82, 2.24) is 29.8 Å². The van der Waals surface area contributed by atoms with Gasteiger partial charge in [0.25, 0.3) is 5.56 Å². The van der Waals surface area contributed by atoms with Crippen LogP contribution in [0.4, 0.5) is 5.69 Å². The Hall–Kier alpha value is -3.08. The summed E-state index contributed by atoms with van der Waals surface area (Å²) in [6.07, 6.45) is 2.86. The molecule has 0 bridgehead atoms. The summed E-state index contributed by atoms with van der Waals surface area (Å²) in [6, 6.07) is 7.01. The first-order chi connectivity index (χ1) is 12.0. The molecule has 1 amide bonds. The minimum Gasteiger partial charge on any atom is -0.326 e. The highest BCUT2D eigenvalue weighted by Gasteiger charge is 2.07. The predicted octanol–water partition coefficient (Wildman–Crippen LogP) is 0.304. The highest BCUT2D eigenvalue weighted by Crippen LogP contribution is 2.13. The van der Waals surface area contributed by atoms with Gasteiger partial charge in [0.05, 0.1) is 10.2 Å². The van der Waals surface area contributed by atoms with E-state index in [0.29, 0.717) is 11.4 Å². The molecule has 2 heterocycles. The number of hydrogen-bond donors (Lipinski definition) is 2. The van der Waals surface area contributed by atoms with Crippen molar-refractivity contribution in [2.24, 2.45) is 0 Å². The molecule has 0 saturated heterocycles. The average molecular weight is 406 g/mol. The molecule has 0 aliphatic carbocycles. The molecule has 128 valence electrons. The summed E-state index contributed by atoms with van der Waals surface area (Å²) in [5.74, 6) is -0.275. The zero-order chi connectivity index (χ0) is 17.8. The van der Waals surface area contributed by atoms with Gasteiger partial charge in [-0.3, -0.25) is 19.1 Å². The molecule has 2 aromatic heterocycles. The van der Waals surface area contributed by atoms with Gasteiger partial charge in [0.2, 0.25) is 5.91 Å². The third-order valence-corrected chi connectivity index (χ3v) is 3.86. The van der Waals surface area contributed by atoms with E-state index in [-0.39, 0.29) is 23.3 Å². The Morgan fingerprint density at radius 2 is 2.16 bits per heavy atom. The Morgan fingerprint density at radius 3 is 2.92 bits per heavy atom. The van der Waals surface area contributed by atoms with E-state index >= 15 is 0 Å². The van der Waals surface area contributed by atoms with E-state index in [4.69, 9.17) is 0 Å². The van der Waals surface area contributed by atoms with Crippen molar-refractivity contribution in [2.75, 3.05) is 5.32 Å². The van der Waals surface area contributed by atoms with Crippen LogP contribution in [0.3, 0.4) is 0 Å². The van der Waals surface area contributed by atoms with Gasteiger partial charge in [0.1, 0.15) is 6.33 Å². The summed E-state index contributed by atoms with van der Waals surface area (Å²) < 4.78 is 2.94. The van der Waals surface area contributed by atoms with Gasteiger partial charge in [0, 0.05) is 24.8 Å². The Morgan fingerprint density at radius 1 is 1.32 bits per heavy atom. The zero-order valence-electron chi connectivity index (χ0n) is 12.7. The summed E-state index contributed by atoms with van der Waals surface area (Å²) in [5.41, 5.74) is 0.198. The Kier molecular flexibility index (Phi) is 4.84. The molecule has 0 spiro atoms. The van der Waals surface area contributed by atoms with Crippen LogP contribution >= 0.6 is 15.9 Å². The van der Waals surface area contributed by atoms with Crippen molar-refractivity contribution in [3.8, 4) is 5.69 Å². The van der Waals surface area contributed by atoms with E-state index in [0.717, 1.165) is 0 Å². The molecule has 0 saturated carbocycles. The first kappa shape index (κ1) is 16.8. The average Bonchev–Trinajstić information content (AvgIpc) is 3.12. The second-order valence-corrected chi connectivity index (χ2v) is 5.89. The number of carbonyl (C=O) groups excluding carboxylic acids is 1. The zero-order valence-corrected chi connectivity index (χ0v) is 14.3. The molecule has 1 aromatic carbocycles. The van der Waals surface area contributed by atoms with E-state index in [1.807, 2.05) is 0 Å². The Bertz CT molecular complexity index is 1010. The number of aromatic amines is 1. The predicted molar refractivity (Wildman–Crippen MR) is 91.4 cm³/mol. The fourth-order valence-corrected chi connectivity index (χ4v) is 2.45. The van der Waals surface area contributed by atoms with Gasteiger partial charge in [0.15, 0.2) is 0 Å². The van der Waals surface area contributed by atoms with Crippen molar-refractivity contribution < 1.29 is 4.79 Å². The molecular formula is C14H12BrN7O3. The van der Waals surface area contributed by atoms with Crippen LogP contribution in [0.5, 0.6) is 0 Å². The van der Waals surface area contributed by atoms with Gasteiger partial charge < -0.3 is 5.32 Å². The standard InChI is InChI=1S/C14H12BrN7O3/c15-11-7-21(14(25)18-13(11)24)5-4-12(23)17-9-2-1-3-10(6-9)22-8-16-19-20-22/h1-3,6-8H,4-5H2,(H,17,23)(H,18,24,25). The van der Waals surface area contributed by atoms with Gasteiger partial charge in [-0.2, -0.15) is 0 Å². The molecule has 11 heteroatoms. The van der Waals surface area contributed by atoms with E-state index in [1.165, 1.54) is 21.8 Å². The number of hydrogen-bond acceptors (Lipinski definition) is 6. The number of aromatic nitrogens is 6. The molecule has 25 heavy (non-hydrogen) atoms. The maximum absolute atomic E-state index is 12.1. The van der Waals surface area contributed by atoms with Crippen molar-refractivity contribution in [3.63, 3.8) is 0 Å². The number of H-pyrrole nitrogens is 1. The van der Waals surface area contributed by atoms with Crippen LogP contribution in [0.15, 0.2) is 50.9 Å². The number of carbonyl (C=O) groups is 1. The molecule has 0 aliphatic rings. The smallest absolute Gasteiger partial charge is 0.326 e. The Labute approximate surface area is 148 Å². The quantitative estimate of drug-likeness (QED) is 0.628. The number of aryl methyl sites for hydroxylation is 1. The van der Waals surface area contributed by atoms with Crippen molar-refractivity contribution in [2.45, 2.75) is 13.0 Å². The van der Waals surface area contributed by atoms with Gasteiger partial charge in [-0.25, -0.2) is 9.48 Å². The second-order valence-electron chi connectivity index (χ2n) is 5.03. The van der Waals surface area contributed by atoms with Crippen LogP contribution in [0, 0.1) is 0 Å². The van der Waals surface area contributed by atoms with Crippen LogP contribution in [-0.4, -0.2) is 35.7 Å². The minimum absolute atomic E-state index is 0.0630. The summed E-state index contributed by atoms with van der Waals surface area (Å²) in [6.45, 7) is 0.132. The van der Waals surface area contributed by atoms with E-state index in [1.54, 1.807) is 24.3 Å². The first-order valence-electron chi connectivity index (χ1n) is 7.15. The highest BCUT2D eigenvalue weighted by molar-refractivity contribution is 9.10. The lowest BCUT2D eigenvalue weighted by molar-refractivity contribution is -0.116. The van der Waals surface area contributed by atoms with Crippen LogP contribution in [-0.2, 0) is 11.3 Å². The fourth-order valence-electron chi connectivity index (χ4n) is 2.10. The van der Waals surface area contributed by atoms with Crippen LogP contribution in [0.25, 0.3) is 5.69 Å². The van der Waals surface area contributed by atoms with Crippen LogP contribution in [0.1, 0.15) is 6.42 Å². The molecule has 10 nitrogen and oxygen atoms in total. The third kappa shape index (κ3) is 4.07. The number of rotatable bonds is 5. The highest BCUT2D eigenvalue weighted by atomic mass is 79.9. The number of nitrogens with one attached hydrogen (secondary N) is 2.